The Hall–Kier alpha value is -2.23. The van der Waals surface area contributed by atoms with Gasteiger partial charge in [-0.3, -0.25) is 0 Å². The molecule has 0 amide bonds. The first-order chi connectivity index (χ1) is 8.60. The average molecular weight is 243 g/mol. The summed E-state index contributed by atoms with van der Waals surface area (Å²) in [5.41, 5.74) is 9.66. The molecule has 94 valence electrons. The molecule has 18 heavy (non-hydrogen) atoms. The lowest BCUT2D eigenvalue weighted by atomic mass is 10.2. The van der Waals surface area contributed by atoms with Crippen molar-refractivity contribution in [2.45, 2.75) is 13.8 Å². The van der Waals surface area contributed by atoms with Crippen molar-refractivity contribution >= 4 is 17.2 Å². The summed E-state index contributed by atoms with van der Waals surface area (Å²) in [7, 11) is 1.66. The molecule has 0 saturated heterocycles. The molecule has 0 radical (unpaired) electrons. The number of pyridine rings is 1. The van der Waals surface area contributed by atoms with Crippen molar-refractivity contribution in [3.05, 3.63) is 41.6 Å². The topological polar surface area (TPSA) is 60.2 Å². The molecule has 2 rings (SSSR count). The number of benzene rings is 1. The molecule has 0 unspecified atom stereocenters. The van der Waals surface area contributed by atoms with Gasteiger partial charge in [-0.2, -0.15) is 0 Å². The van der Waals surface area contributed by atoms with Crippen LogP contribution in [0.3, 0.4) is 0 Å². The Labute approximate surface area is 107 Å². The molecule has 0 aliphatic carbocycles. The third-order valence-corrected chi connectivity index (χ3v) is 2.84. The van der Waals surface area contributed by atoms with E-state index in [0.29, 0.717) is 0 Å². The number of nitrogens with two attached hydrogens (primary N) is 1. The Bertz CT molecular complexity index is 567. The van der Waals surface area contributed by atoms with Gasteiger partial charge >= 0.3 is 0 Å². The van der Waals surface area contributed by atoms with Gasteiger partial charge in [0.15, 0.2) is 0 Å². The lowest BCUT2D eigenvalue weighted by molar-refractivity contribution is 0.414. The number of nitrogens with one attached hydrogen (secondary N) is 1. The van der Waals surface area contributed by atoms with E-state index < -0.39 is 0 Å². The number of aryl methyl sites for hydroxylation is 2. The zero-order chi connectivity index (χ0) is 13.1. The lowest BCUT2D eigenvalue weighted by Crippen LogP contribution is -1.99. The summed E-state index contributed by atoms with van der Waals surface area (Å²) in [6.07, 6.45) is 1.76. The summed E-state index contributed by atoms with van der Waals surface area (Å²) in [6.45, 7) is 3.95. The fraction of sp³-hybridized carbons (Fsp3) is 0.214. The molecule has 2 aromatic rings. The third-order valence-electron chi connectivity index (χ3n) is 2.84. The fourth-order valence-corrected chi connectivity index (χ4v) is 1.65. The van der Waals surface area contributed by atoms with Crippen molar-refractivity contribution in [3.8, 4) is 5.75 Å². The zero-order valence-electron chi connectivity index (χ0n) is 10.8. The average Bonchev–Trinajstić information content (AvgIpc) is 2.36. The monoisotopic (exact) mass is 243 g/mol. The van der Waals surface area contributed by atoms with E-state index in [2.05, 4.69) is 10.3 Å². The molecular weight excluding hydrogens is 226 g/mol. The number of hydrogen-bond acceptors (Lipinski definition) is 4. The predicted molar refractivity (Wildman–Crippen MR) is 74.4 cm³/mol. The summed E-state index contributed by atoms with van der Waals surface area (Å²) in [4.78, 5) is 4.30. The number of aromatic nitrogens is 1. The zero-order valence-corrected chi connectivity index (χ0v) is 10.8. The molecule has 3 N–H and O–H groups in total. The maximum Gasteiger partial charge on any atom is 0.132 e. The van der Waals surface area contributed by atoms with Gasteiger partial charge in [-0.05, 0) is 43.2 Å². The van der Waals surface area contributed by atoms with Crippen LogP contribution in [0.4, 0.5) is 17.2 Å². The number of ether oxygens (including phenoxy) is 1. The van der Waals surface area contributed by atoms with E-state index in [1.165, 1.54) is 0 Å². The number of hydrogen-bond donors (Lipinski definition) is 2. The van der Waals surface area contributed by atoms with E-state index in [1.807, 2.05) is 38.1 Å². The molecule has 0 aliphatic rings. The van der Waals surface area contributed by atoms with Crippen LogP contribution in [0.2, 0.25) is 0 Å². The van der Waals surface area contributed by atoms with Crippen LogP contribution in [0, 0.1) is 13.8 Å². The summed E-state index contributed by atoms with van der Waals surface area (Å²) in [5.74, 6) is 1.58. The molecule has 1 heterocycles. The van der Waals surface area contributed by atoms with Crippen molar-refractivity contribution in [2.75, 3.05) is 18.2 Å². The van der Waals surface area contributed by atoms with Gasteiger partial charge in [-0.25, -0.2) is 4.98 Å². The number of methoxy groups -OCH3 is 1. The number of nitrogens with zero attached hydrogens (tertiary/aromatic N) is 1. The highest BCUT2D eigenvalue weighted by Gasteiger charge is 2.03. The second kappa shape index (κ2) is 4.96. The Balaban J connectivity index is 2.25. The first-order valence-electron chi connectivity index (χ1n) is 5.74. The third kappa shape index (κ3) is 2.53. The first-order valence-corrected chi connectivity index (χ1v) is 5.74. The van der Waals surface area contributed by atoms with E-state index in [0.717, 1.165) is 34.1 Å². The van der Waals surface area contributed by atoms with E-state index in [9.17, 15) is 0 Å². The summed E-state index contributed by atoms with van der Waals surface area (Å²) in [5, 5.41) is 3.24. The molecule has 4 nitrogen and oxygen atoms in total. The van der Waals surface area contributed by atoms with Crippen LogP contribution in [-0.2, 0) is 0 Å². The van der Waals surface area contributed by atoms with Gasteiger partial charge in [0.2, 0.25) is 0 Å². The molecule has 4 heteroatoms. The summed E-state index contributed by atoms with van der Waals surface area (Å²) in [6, 6.07) is 7.68. The number of anilines is 3. The van der Waals surface area contributed by atoms with E-state index in [1.54, 1.807) is 13.3 Å². The standard InChI is InChI=1S/C14H17N3O/c1-9-6-11(18-3)4-5-13(9)17-14-7-12(15)10(2)8-16-14/h4-8H,1-3H3,(H3,15,16,17). The lowest BCUT2D eigenvalue weighted by Gasteiger charge is -2.11. The number of nitrogen functional groups attached to an aromatic ring is 1. The second-order valence-corrected chi connectivity index (χ2v) is 4.23. The van der Waals surface area contributed by atoms with Gasteiger partial charge in [0.05, 0.1) is 7.11 Å². The van der Waals surface area contributed by atoms with Crippen LogP contribution >= 0.6 is 0 Å². The van der Waals surface area contributed by atoms with Crippen LogP contribution in [-0.4, -0.2) is 12.1 Å². The minimum Gasteiger partial charge on any atom is -0.497 e. The van der Waals surface area contributed by atoms with Crippen LogP contribution in [0.15, 0.2) is 30.5 Å². The van der Waals surface area contributed by atoms with Crippen LogP contribution in [0.5, 0.6) is 5.75 Å². The molecule has 0 fully saturated rings. The highest BCUT2D eigenvalue weighted by atomic mass is 16.5. The van der Waals surface area contributed by atoms with Crippen LogP contribution < -0.4 is 15.8 Å². The van der Waals surface area contributed by atoms with Gasteiger partial charge in [-0.1, -0.05) is 0 Å². The van der Waals surface area contributed by atoms with Gasteiger partial charge < -0.3 is 15.8 Å². The van der Waals surface area contributed by atoms with Crippen molar-refractivity contribution in [1.82, 2.24) is 4.98 Å². The SMILES string of the molecule is COc1ccc(Nc2cc(N)c(C)cn2)c(C)c1. The predicted octanol–water partition coefficient (Wildman–Crippen LogP) is 3.03. The fourth-order valence-electron chi connectivity index (χ4n) is 1.65. The summed E-state index contributed by atoms with van der Waals surface area (Å²) < 4.78 is 5.17. The smallest absolute Gasteiger partial charge is 0.132 e. The minimum absolute atomic E-state index is 0.735. The van der Waals surface area contributed by atoms with Crippen molar-refractivity contribution in [3.63, 3.8) is 0 Å². The minimum atomic E-state index is 0.735. The second-order valence-electron chi connectivity index (χ2n) is 4.23. The van der Waals surface area contributed by atoms with E-state index in [-0.39, 0.29) is 0 Å². The van der Waals surface area contributed by atoms with E-state index in [4.69, 9.17) is 10.5 Å². The molecule has 1 aromatic carbocycles. The number of rotatable bonds is 3. The molecule has 0 bridgehead atoms. The quantitative estimate of drug-likeness (QED) is 0.869. The Morgan fingerprint density at radius 1 is 1.17 bits per heavy atom. The Morgan fingerprint density at radius 3 is 2.56 bits per heavy atom. The van der Waals surface area contributed by atoms with Crippen LogP contribution in [0.25, 0.3) is 0 Å². The maximum absolute atomic E-state index is 5.86. The Morgan fingerprint density at radius 2 is 1.94 bits per heavy atom. The van der Waals surface area contributed by atoms with Crippen molar-refractivity contribution in [1.29, 1.82) is 0 Å². The molecular formula is C14H17N3O. The Kier molecular flexibility index (Phi) is 3.37. The van der Waals surface area contributed by atoms with Crippen molar-refractivity contribution < 1.29 is 4.74 Å². The molecule has 0 atom stereocenters. The normalized spacial score (nSPS) is 10.2. The van der Waals surface area contributed by atoms with E-state index >= 15 is 0 Å². The highest BCUT2D eigenvalue weighted by molar-refractivity contribution is 5.64. The van der Waals surface area contributed by atoms with Crippen LogP contribution in [0.1, 0.15) is 11.1 Å². The van der Waals surface area contributed by atoms with Gasteiger partial charge in [0, 0.05) is 23.6 Å². The van der Waals surface area contributed by atoms with Gasteiger partial charge in [0.1, 0.15) is 11.6 Å². The van der Waals surface area contributed by atoms with Gasteiger partial charge in [0.25, 0.3) is 0 Å². The molecule has 0 saturated carbocycles. The molecule has 0 spiro atoms. The van der Waals surface area contributed by atoms with Crippen molar-refractivity contribution in [2.24, 2.45) is 0 Å². The van der Waals surface area contributed by atoms with Gasteiger partial charge in [-0.15, -0.1) is 0 Å². The first kappa shape index (κ1) is 12.2. The largest absolute Gasteiger partial charge is 0.497 e. The maximum atomic E-state index is 5.86. The molecule has 1 aromatic heterocycles. The molecule has 0 aliphatic heterocycles. The summed E-state index contributed by atoms with van der Waals surface area (Å²) >= 11 is 0. The highest BCUT2D eigenvalue weighted by Crippen LogP contribution is 2.24.